The van der Waals surface area contributed by atoms with Crippen LogP contribution in [0.25, 0.3) is 0 Å². The summed E-state index contributed by atoms with van der Waals surface area (Å²) < 4.78 is 5.93. The van der Waals surface area contributed by atoms with Crippen molar-refractivity contribution in [2.45, 2.75) is 62.7 Å². The van der Waals surface area contributed by atoms with Crippen LogP contribution in [0.1, 0.15) is 44.9 Å². The zero-order valence-electron chi connectivity index (χ0n) is 9.87. The molecule has 0 spiro atoms. The van der Waals surface area contributed by atoms with Crippen LogP contribution in [0, 0.1) is 0 Å². The molecule has 4 nitrogen and oxygen atoms in total. The fourth-order valence-electron chi connectivity index (χ4n) is 2.65. The third-order valence-corrected chi connectivity index (χ3v) is 4.03. The fraction of sp³-hybridized carbons (Fsp3) is 0.917. The molecule has 2 atom stereocenters. The second kappa shape index (κ2) is 4.72. The van der Waals surface area contributed by atoms with E-state index in [1.165, 1.54) is 6.42 Å². The summed E-state index contributed by atoms with van der Waals surface area (Å²) in [5.74, 6) is -0.739. The molecule has 0 aliphatic heterocycles. The van der Waals surface area contributed by atoms with E-state index in [2.05, 4.69) is 5.32 Å². The van der Waals surface area contributed by atoms with E-state index in [0.29, 0.717) is 18.9 Å². The Morgan fingerprint density at radius 3 is 2.50 bits per heavy atom. The Bertz CT molecular complexity index is 265. The molecule has 0 aromatic heterocycles. The van der Waals surface area contributed by atoms with Gasteiger partial charge in [-0.05, 0) is 45.6 Å². The Morgan fingerprint density at radius 1 is 1.31 bits per heavy atom. The van der Waals surface area contributed by atoms with E-state index in [9.17, 15) is 9.90 Å². The van der Waals surface area contributed by atoms with Crippen LogP contribution in [0.2, 0.25) is 0 Å². The van der Waals surface area contributed by atoms with Gasteiger partial charge in [0.15, 0.2) is 0 Å². The standard InChI is InChI=1S/C12H21NO3/c1-13-12(11(14)15)7-3-6-10(8-12)16-9-4-2-5-9/h9-10,13H,2-8H2,1H3,(H,14,15). The highest BCUT2D eigenvalue weighted by Gasteiger charge is 2.42. The molecule has 16 heavy (non-hydrogen) atoms. The maximum atomic E-state index is 11.3. The van der Waals surface area contributed by atoms with Crippen molar-refractivity contribution in [2.75, 3.05) is 7.05 Å². The minimum absolute atomic E-state index is 0.127. The molecule has 0 saturated heterocycles. The van der Waals surface area contributed by atoms with Gasteiger partial charge in [-0.1, -0.05) is 0 Å². The smallest absolute Gasteiger partial charge is 0.323 e. The summed E-state index contributed by atoms with van der Waals surface area (Å²) in [6, 6.07) is 0. The number of likely N-dealkylation sites (N-methyl/N-ethyl adjacent to an activating group) is 1. The first-order valence-corrected chi connectivity index (χ1v) is 6.24. The molecule has 2 saturated carbocycles. The molecule has 2 N–H and O–H groups in total. The lowest BCUT2D eigenvalue weighted by molar-refractivity contribution is -0.151. The largest absolute Gasteiger partial charge is 0.480 e. The van der Waals surface area contributed by atoms with Gasteiger partial charge in [0.05, 0.1) is 12.2 Å². The average molecular weight is 227 g/mol. The van der Waals surface area contributed by atoms with Crippen molar-refractivity contribution in [3.05, 3.63) is 0 Å². The van der Waals surface area contributed by atoms with Crippen molar-refractivity contribution in [2.24, 2.45) is 0 Å². The summed E-state index contributed by atoms with van der Waals surface area (Å²) in [4.78, 5) is 11.3. The van der Waals surface area contributed by atoms with Crippen LogP contribution in [0.4, 0.5) is 0 Å². The van der Waals surface area contributed by atoms with Gasteiger partial charge in [0, 0.05) is 6.42 Å². The van der Waals surface area contributed by atoms with E-state index in [-0.39, 0.29) is 6.10 Å². The molecule has 2 rings (SSSR count). The molecule has 0 aromatic rings. The number of aliphatic carboxylic acids is 1. The number of nitrogens with one attached hydrogen (secondary N) is 1. The van der Waals surface area contributed by atoms with Gasteiger partial charge < -0.3 is 15.2 Å². The average Bonchev–Trinajstić information content (AvgIpc) is 2.23. The predicted octanol–water partition coefficient (Wildman–Crippen LogP) is 1.54. The van der Waals surface area contributed by atoms with Crippen molar-refractivity contribution >= 4 is 5.97 Å². The van der Waals surface area contributed by atoms with E-state index in [0.717, 1.165) is 25.7 Å². The molecule has 0 radical (unpaired) electrons. The molecule has 2 aliphatic carbocycles. The van der Waals surface area contributed by atoms with E-state index < -0.39 is 11.5 Å². The number of carbonyl (C=O) groups is 1. The normalized spacial score (nSPS) is 35.7. The number of rotatable bonds is 4. The molecule has 4 heteroatoms. The maximum Gasteiger partial charge on any atom is 0.323 e. The minimum atomic E-state index is -0.757. The van der Waals surface area contributed by atoms with Crippen molar-refractivity contribution in [1.29, 1.82) is 0 Å². The van der Waals surface area contributed by atoms with Crippen LogP contribution < -0.4 is 5.32 Å². The van der Waals surface area contributed by atoms with Crippen LogP contribution in [0.3, 0.4) is 0 Å². The van der Waals surface area contributed by atoms with Gasteiger partial charge in [-0.3, -0.25) is 4.79 Å². The third kappa shape index (κ3) is 2.23. The Hall–Kier alpha value is -0.610. The molecule has 92 valence electrons. The minimum Gasteiger partial charge on any atom is -0.480 e. The van der Waals surface area contributed by atoms with Crippen LogP contribution >= 0.6 is 0 Å². The van der Waals surface area contributed by atoms with Crippen molar-refractivity contribution in [3.63, 3.8) is 0 Å². The molecule has 0 aromatic carbocycles. The van der Waals surface area contributed by atoms with Gasteiger partial charge >= 0.3 is 5.97 Å². The molecule has 0 bridgehead atoms. The quantitative estimate of drug-likeness (QED) is 0.765. The van der Waals surface area contributed by atoms with Crippen LogP contribution in [-0.4, -0.2) is 35.9 Å². The summed E-state index contributed by atoms with van der Waals surface area (Å²) in [5.41, 5.74) is -0.757. The van der Waals surface area contributed by atoms with Crippen molar-refractivity contribution < 1.29 is 14.6 Å². The van der Waals surface area contributed by atoms with Crippen LogP contribution in [0.15, 0.2) is 0 Å². The highest BCUT2D eigenvalue weighted by atomic mass is 16.5. The van der Waals surface area contributed by atoms with Crippen molar-refractivity contribution in [3.8, 4) is 0 Å². The van der Waals surface area contributed by atoms with Gasteiger partial charge in [0.1, 0.15) is 5.54 Å². The van der Waals surface area contributed by atoms with E-state index in [1.807, 2.05) is 0 Å². The molecule has 2 aliphatic rings. The van der Waals surface area contributed by atoms with Crippen molar-refractivity contribution in [1.82, 2.24) is 5.32 Å². The Labute approximate surface area is 96.4 Å². The van der Waals surface area contributed by atoms with Gasteiger partial charge in [0.25, 0.3) is 0 Å². The third-order valence-electron chi connectivity index (χ3n) is 4.03. The van der Waals surface area contributed by atoms with Gasteiger partial charge in [0.2, 0.25) is 0 Å². The monoisotopic (exact) mass is 227 g/mol. The number of ether oxygens (including phenoxy) is 1. The Morgan fingerprint density at radius 2 is 2.00 bits per heavy atom. The summed E-state index contributed by atoms with van der Waals surface area (Å²) in [6.07, 6.45) is 7.34. The van der Waals surface area contributed by atoms with Gasteiger partial charge in [-0.2, -0.15) is 0 Å². The Kier molecular flexibility index (Phi) is 3.50. The van der Waals surface area contributed by atoms with E-state index in [4.69, 9.17) is 4.74 Å². The fourth-order valence-corrected chi connectivity index (χ4v) is 2.65. The number of carboxylic acids is 1. The number of hydrogen-bond donors (Lipinski definition) is 2. The first kappa shape index (κ1) is 11.9. The second-order valence-corrected chi connectivity index (χ2v) is 5.04. The van der Waals surface area contributed by atoms with Crippen LogP contribution in [-0.2, 0) is 9.53 Å². The maximum absolute atomic E-state index is 11.3. The molecule has 0 heterocycles. The van der Waals surface area contributed by atoms with Gasteiger partial charge in [-0.15, -0.1) is 0 Å². The highest BCUT2D eigenvalue weighted by Crippen LogP contribution is 2.33. The summed E-state index contributed by atoms with van der Waals surface area (Å²) >= 11 is 0. The number of hydrogen-bond acceptors (Lipinski definition) is 3. The Balaban J connectivity index is 1.93. The first-order valence-electron chi connectivity index (χ1n) is 6.24. The zero-order valence-corrected chi connectivity index (χ0v) is 9.87. The van der Waals surface area contributed by atoms with Crippen LogP contribution in [0.5, 0.6) is 0 Å². The highest BCUT2D eigenvalue weighted by molar-refractivity contribution is 5.79. The van der Waals surface area contributed by atoms with E-state index in [1.54, 1.807) is 7.05 Å². The predicted molar refractivity (Wildman–Crippen MR) is 60.4 cm³/mol. The summed E-state index contributed by atoms with van der Waals surface area (Å²) in [5, 5.41) is 12.3. The van der Waals surface area contributed by atoms with E-state index >= 15 is 0 Å². The summed E-state index contributed by atoms with van der Waals surface area (Å²) in [6.45, 7) is 0. The SMILES string of the molecule is CNC1(C(=O)O)CCCC(OC2CCC2)C1. The lowest BCUT2D eigenvalue weighted by Crippen LogP contribution is -2.55. The topological polar surface area (TPSA) is 58.6 Å². The lowest BCUT2D eigenvalue weighted by atomic mass is 9.80. The summed E-state index contributed by atoms with van der Waals surface area (Å²) in [7, 11) is 1.74. The number of carboxylic acid groups (broad SMARTS) is 1. The molecule has 2 unspecified atom stereocenters. The molecular weight excluding hydrogens is 206 g/mol. The first-order chi connectivity index (χ1) is 7.66. The zero-order chi connectivity index (χ0) is 11.6. The molecule has 0 amide bonds. The lowest BCUT2D eigenvalue weighted by Gasteiger charge is -2.40. The molecular formula is C12H21NO3. The van der Waals surface area contributed by atoms with Gasteiger partial charge in [-0.25, -0.2) is 0 Å². The molecule has 2 fully saturated rings. The second-order valence-electron chi connectivity index (χ2n) is 5.04.